The number of carboxylic acid groups (broad SMARTS) is 1. The summed E-state index contributed by atoms with van der Waals surface area (Å²) in [5.41, 5.74) is 0.580. The molecule has 4 atom stereocenters. The second-order valence-corrected chi connectivity index (χ2v) is 14.9. The molecule has 1 saturated carbocycles. The van der Waals surface area contributed by atoms with Crippen molar-refractivity contribution in [2.24, 2.45) is 5.92 Å². The van der Waals surface area contributed by atoms with Gasteiger partial charge in [0.05, 0.1) is 11.3 Å². The summed E-state index contributed by atoms with van der Waals surface area (Å²) in [5.74, 6) is -1.86. The Labute approximate surface area is 233 Å². The lowest BCUT2D eigenvalue weighted by molar-refractivity contribution is -0.133. The molecule has 39 heavy (non-hydrogen) atoms. The summed E-state index contributed by atoms with van der Waals surface area (Å²) in [6, 6.07) is 4.24. The first-order valence-corrected chi connectivity index (χ1v) is 15.8. The Kier molecular flexibility index (Phi) is 9.53. The van der Waals surface area contributed by atoms with Crippen LogP contribution >= 0.6 is 0 Å². The van der Waals surface area contributed by atoms with Gasteiger partial charge >= 0.3 is 5.97 Å². The molecule has 2 fully saturated rings. The summed E-state index contributed by atoms with van der Waals surface area (Å²) in [4.78, 5) is 42.5. The van der Waals surface area contributed by atoms with Gasteiger partial charge in [0.1, 0.15) is 15.9 Å². The maximum Gasteiger partial charge on any atom is 0.335 e. The molecule has 0 spiro atoms. The number of carbonyl (C=O) groups is 3. The molecule has 10 heteroatoms. The van der Waals surface area contributed by atoms with Gasteiger partial charge in [0, 0.05) is 36.0 Å². The Hall–Kier alpha value is -2.46. The minimum Gasteiger partial charge on any atom is -0.478 e. The highest BCUT2D eigenvalue weighted by Gasteiger charge is 2.44. The van der Waals surface area contributed by atoms with E-state index in [-0.39, 0.29) is 52.0 Å². The van der Waals surface area contributed by atoms with Gasteiger partial charge in [-0.25, -0.2) is 13.2 Å². The van der Waals surface area contributed by atoms with Gasteiger partial charge in [-0.1, -0.05) is 27.7 Å². The molecule has 1 aromatic carbocycles. The number of carbonyl (C=O) groups excluding carboxylic acids is 2. The van der Waals surface area contributed by atoms with E-state index in [9.17, 15) is 27.9 Å². The van der Waals surface area contributed by atoms with Crippen molar-refractivity contribution >= 4 is 27.6 Å². The Morgan fingerprint density at radius 1 is 1.13 bits per heavy atom. The van der Waals surface area contributed by atoms with Gasteiger partial charge < -0.3 is 20.2 Å². The third-order valence-corrected chi connectivity index (χ3v) is 10.3. The minimum atomic E-state index is -3.24. The van der Waals surface area contributed by atoms with Gasteiger partial charge in [-0.2, -0.15) is 0 Å². The molecular weight excluding hydrogens is 518 g/mol. The normalized spacial score (nSPS) is 24.4. The second kappa shape index (κ2) is 12.0. The molecule has 1 saturated heterocycles. The first-order valence-electron chi connectivity index (χ1n) is 14.0. The number of amides is 2. The van der Waals surface area contributed by atoms with Crippen molar-refractivity contribution in [2.75, 3.05) is 25.1 Å². The average Bonchev–Trinajstić information content (AvgIpc) is 3.21. The van der Waals surface area contributed by atoms with Crippen LogP contribution in [0.2, 0.25) is 0 Å². The molecule has 1 aliphatic carbocycles. The van der Waals surface area contributed by atoms with E-state index in [4.69, 9.17) is 0 Å². The van der Waals surface area contributed by atoms with Crippen LogP contribution in [0.1, 0.15) is 93.5 Å². The molecule has 2 amide bonds. The van der Waals surface area contributed by atoms with Crippen LogP contribution in [0.5, 0.6) is 0 Å². The topological polar surface area (TPSA) is 124 Å². The molecule has 9 nitrogen and oxygen atoms in total. The number of sulfone groups is 1. The van der Waals surface area contributed by atoms with Crippen molar-refractivity contribution in [3.63, 3.8) is 0 Å². The number of hydrogen-bond acceptors (Lipinski definition) is 6. The van der Waals surface area contributed by atoms with Gasteiger partial charge in [0.2, 0.25) is 5.91 Å². The molecule has 2 aliphatic rings. The summed E-state index contributed by atoms with van der Waals surface area (Å²) in [6.07, 6.45) is 2.72. The van der Waals surface area contributed by atoms with Crippen molar-refractivity contribution in [3.8, 4) is 0 Å². The lowest BCUT2D eigenvalue weighted by Crippen LogP contribution is -2.53. The lowest BCUT2D eigenvalue weighted by atomic mass is 9.81. The summed E-state index contributed by atoms with van der Waals surface area (Å²) in [7, 11) is -1.17. The molecule has 0 bridgehead atoms. The van der Waals surface area contributed by atoms with Crippen LogP contribution in [-0.2, 0) is 20.0 Å². The Bertz CT molecular complexity index is 1190. The number of rotatable bonds is 9. The zero-order valence-electron chi connectivity index (χ0n) is 24.4. The highest BCUT2D eigenvalue weighted by atomic mass is 32.2. The van der Waals surface area contributed by atoms with Gasteiger partial charge in [-0.3, -0.25) is 9.59 Å². The average molecular weight is 564 g/mol. The largest absolute Gasteiger partial charge is 0.478 e. The molecule has 1 heterocycles. The summed E-state index contributed by atoms with van der Waals surface area (Å²) < 4.78 is 25.3. The quantitative estimate of drug-likeness (QED) is 0.472. The summed E-state index contributed by atoms with van der Waals surface area (Å²) in [6.45, 7) is 12.2. The van der Waals surface area contributed by atoms with Crippen LogP contribution in [0.3, 0.4) is 0 Å². The van der Waals surface area contributed by atoms with Gasteiger partial charge in [0.25, 0.3) is 5.91 Å². The van der Waals surface area contributed by atoms with E-state index in [1.54, 1.807) is 24.0 Å². The highest BCUT2D eigenvalue weighted by molar-refractivity contribution is 7.91. The van der Waals surface area contributed by atoms with Crippen LogP contribution in [0.25, 0.3) is 0 Å². The summed E-state index contributed by atoms with van der Waals surface area (Å²) in [5, 5.41) is 12.4. The fraction of sp³-hybridized carbons (Fsp3) is 0.690. The molecule has 218 valence electrons. The third kappa shape index (κ3) is 7.39. The first-order chi connectivity index (χ1) is 18.0. The van der Waals surface area contributed by atoms with Crippen LogP contribution < -0.4 is 5.32 Å². The van der Waals surface area contributed by atoms with Gasteiger partial charge in [-0.15, -0.1) is 0 Å². The third-order valence-electron chi connectivity index (χ3n) is 8.47. The van der Waals surface area contributed by atoms with Crippen molar-refractivity contribution < 1.29 is 27.9 Å². The minimum absolute atomic E-state index is 0.0232. The van der Waals surface area contributed by atoms with E-state index in [2.05, 4.69) is 31.1 Å². The smallest absolute Gasteiger partial charge is 0.335 e. The SMILES string of the molecule is CCS(=O)(=O)C[C@H]1C[C@H](N(C)C(C)C)CC[C@@H]1N1CC[C@H](NC(=O)c2cc(C(=O)O)cc(C(C)(C)C)c2)C1=O. The van der Waals surface area contributed by atoms with Crippen LogP contribution in [0.4, 0.5) is 0 Å². The fourth-order valence-corrected chi connectivity index (χ4v) is 7.02. The molecule has 0 radical (unpaired) electrons. The Balaban J connectivity index is 1.79. The number of carboxylic acids is 1. The molecular formula is C29H45N3O6S. The number of nitrogens with one attached hydrogen (secondary N) is 1. The highest BCUT2D eigenvalue weighted by Crippen LogP contribution is 2.35. The number of aromatic carboxylic acids is 1. The van der Waals surface area contributed by atoms with Crippen molar-refractivity contribution in [1.82, 2.24) is 15.1 Å². The summed E-state index contributed by atoms with van der Waals surface area (Å²) >= 11 is 0. The van der Waals surface area contributed by atoms with Crippen LogP contribution in [0.15, 0.2) is 18.2 Å². The van der Waals surface area contributed by atoms with E-state index in [1.165, 1.54) is 6.07 Å². The second-order valence-electron chi connectivity index (χ2n) is 12.5. The molecule has 0 unspecified atom stereocenters. The van der Waals surface area contributed by atoms with E-state index >= 15 is 0 Å². The maximum absolute atomic E-state index is 13.5. The molecule has 1 aromatic rings. The van der Waals surface area contributed by atoms with Crippen molar-refractivity contribution in [3.05, 3.63) is 34.9 Å². The van der Waals surface area contributed by atoms with E-state index in [1.807, 2.05) is 20.8 Å². The van der Waals surface area contributed by atoms with Gasteiger partial charge in [-0.05, 0) is 81.7 Å². The molecule has 2 N–H and O–H groups in total. The monoisotopic (exact) mass is 563 g/mol. The fourth-order valence-electron chi connectivity index (χ4n) is 5.77. The molecule has 0 aromatic heterocycles. The number of hydrogen-bond donors (Lipinski definition) is 2. The first kappa shape index (κ1) is 31.1. The number of likely N-dealkylation sites (tertiary alicyclic amines) is 1. The molecule has 1 aliphatic heterocycles. The van der Waals surface area contributed by atoms with Crippen LogP contribution in [0, 0.1) is 5.92 Å². The zero-order valence-corrected chi connectivity index (χ0v) is 25.2. The molecule has 3 rings (SSSR count). The standard InChI is InChI=1S/C29H45N3O6S/c1-8-39(37,38)17-21-16-23(31(7)18(2)3)9-10-25(21)32-12-11-24(27(32)34)30-26(33)19-13-20(28(35)36)15-22(14-19)29(4,5)6/h13-15,18,21,23-25H,8-12,16-17H2,1-7H3,(H,30,33)(H,35,36)/t21-,23-,24+,25+/m1/s1. The zero-order chi connectivity index (χ0) is 29.3. The van der Waals surface area contributed by atoms with Crippen LogP contribution in [-0.4, -0.2) is 90.4 Å². The maximum atomic E-state index is 13.5. The van der Waals surface area contributed by atoms with Crippen molar-refractivity contribution in [2.45, 2.75) is 96.8 Å². The predicted octanol–water partition coefficient (Wildman–Crippen LogP) is 3.33. The van der Waals surface area contributed by atoms with Gasteiger partial charge in [0.15, 0.2) is 0 Å². The Morgan fingerprint density at radius 2 is 1.77 bits per heavy atom. The number of nitrogens with zero attached hydrogens (tertiary/aromatic N) is 2. The van der Waals surface area contributed by atoms with E-state index in [0.29, 0.717) is 31.8 Å². The van der Waals surface area contributed by atoms with Crippen molar-refractivity contribution in [1.29, 1.82) is 0 Å². The van der Waals surface area contributed by atoms with E-state index in [0.717, 1.165) is 12.0 Å². The Morgan fingerprint density at radius 3 is 2.33 bits per heavy atom. The number of benzene rings is 1. The van der Waals surface area contributed by atoms with E-state index < -0.39 is 27.8 Å². The predicted molar refractivity (Wildman–Crippen MR) is 152 cm³/mol. The lowest BCUT2D eigenvalue weighted by Gasteiger charge is -2.44.